The van der Waals surface area contributed by atoms with Crippen molar-refractivity contribution in [2.75, 3.05) is 13.7 Å². The lowest BCUT2D eigenvalue weighted by Crippen LogP contribution is -2.35. The van der Waals surface area contributed by atoms with Crippen LogP contribution >= 0.6 is 0 Å². The van der Waals surface area contributed by atoms with Crippen LogP contribution < -0.4 is 10.1 Å². The van der Waals surface area contributed by atoms with Crippen LogP contribution in [-0.2, 0) is 0 Å². The van der Waals surface area contributed by atoms with E-state index >= 15 is 0 Å². The van der Waals surface area contributed by atoms with E-state index in [2.05, 4.69) is 5.32 Å². The molecule has 0 aliphatic rings. The molecular formula is C14H17NO4. The lowest BCUT2D eigenvalue weighted by molar-refractivity contribution is 0.0895. The van der Waals surface area contributed by atoms with Crippen LogP contribution in [0.15, 0.2) is 22.6 Å². The lowest BCUT2D eigenvalue weighted by Gasteiger charge is -2.09. The summed E-state index contributed by atoms with van der Waals surface area (Å²) in [6, 6.07) is 5.19. The lowest BCUT2D eigenvalue weighted by atomic mass is 10.1. The third-order valence-electron chi connectivity index (χ3n) is 3.01. The van der Waals surface area contributed by atoms with E-state index in [1.165, 1.54) is 0 Å². The van der Waals surface area contributed by atoms with Gasteiger partial charge in [0.2, 0.25) is 0 Å². The average molecular weight is 263 g/mol. The van der Waals surface area contributed by atoms with Gasteiger partial charge in [0.05, 0.1) is 13.7 Å². The second-order valence-corrected chi connectivity index (χ2v) is 4.45. The highest BCUT2D eigenvalue weighted by Crippen LogP contribution is 2.32. The van der Waals surface area contributed by atoms with Crippen molar-refractivity contribution < 1.29 is 19.1 Å². The number of methoxy groups -OCH3 is 1. The number of ether oxygens (including phenoxy) is 1. The van der Waals surface area contributed by atoms with Crippen molar-refractivity contribution in [2.24, 2.45) is 0 Å². The number of benzene rings is 1. The van der Waals surface area contributed by atoms with Gasteiger partial charge in [0.25, 0.3) is 5.91 Å². The van der Waals surface area contributed by atoms with E-state index in [0.717, 1.165) is 10.9 Å². The van der Waals surface area contributed by atoms with E-state index in [1.807, 2.05) is 19.1 Å². The number of furan rings is 1. The highest BCUT2D eigenvalue weighted by molar-refractivity contribution is 6.00. The summed E-state index contributed by atoms with van der Waals surface area (Å²) in [4.78, 5) is 12.0. The number of rotatable bonds is 4. The molecule has 0 saturated carbocycles. The largest absolute Gasteiger partial charge is 0.493 e. The van der Waals surface area contributed by atoms with E-state index in [9.17, 15) is 4.79 Å². The number of hydrogen-bond donors (Lipinski definition) is 2. The number of fused-ring (bicyclic) bond motifs is 1. The molecule has 0 aliphatic carbocycles. The maximum atomic E-state index is 12.0. The van der Waals surface area contributed by atoms with Gasteiger partial charge < -0.3 is 19.6 Å². The number of hydrogen-bond acceptors (Lipinski definition) is 4. The zero-order valence-electron chi connectivity index (χ0n) is 11.2. The van der Waals surface area contributed by atoms with Crippen LogP contribution in [0.5, 0.6) is 5.75 Å². The van der Waals surface area contributed by atoms with Crippen molar-refractivity contribution in [3.63, 3.8) is 0 Å². The van der Waals surface area contributed by atoms with Crippen LogP contribution in [0.3, 0.4) is 0 Å². The number of aliphatic hydroxyl groups is 1. The molecule has 2 aromatic rings. The fourth-order valence-electron chi connectivity index (χ4n) is 1.93. The Bertz CT molecular complexity index is 603. The summed E-state index contributed by atoms with van der Waals surface area (Å²) < 4.78 is 10.8. The van der Waals surface area contributed by atoms with Crippen molar-refractivity contribution in [3.05, 3.63) is 29.5 Å². The van der Waals surface area contributed by atoms with Gasteiger partial charge in [-0.15, -0.1) is 0 Å². The summed E-state index contributed by atoms with van der Waals surface area (Å²) in [6.07, 6.45) is 0. The maximum absolute atomic E-state index is 12.0. The Kier molecular flexibility index (Phi) is 3.76. The number of carbonyl (C=O) groups is 1. The number of nitrogens with one attached hydrogen (secondary N) is 1. The second kappa shape index (κ2) is 5.32. The standard InChI is InChI=1S/C14H17NO4/c1-8(7-16)15-14(17)12-9(2)10-5-4-6-11(18-3)13(10)19-12/h4-6,8,16H,7H2,1-3H3,(H,15,17). The zero-order valence-corrected chi connectivity index (χ0v) is 11.2. The Hall–Kier alpha value is -2.01. The summed E-state index contributed by atoms with van der Waals surface area (Å²) in [5, 5.41) is 12.5. The van der Waals surface area contributed by atoms with Gasteiger partial charge in [-0.1, -0.05) is 12.1 Å². The molecule has 102 valence electrons. The third-order valence-corrected chi connectivity index (χ3v) is 3.01. The molecule has 1 atom stereocenters. The quantitative estimate of drug-likeness (QED) is 0.883. The smallest absolute Gasteiger partial charge is 0.287 e. The van der Waals surface area contributed by atoms with Crippen LogP contribution in [0.2, 0.25) is 0 Å². The van der Waals surface area contributed by atoms with Gasteiger partial charge >= 0.3 is 0 Å². The Labute approximate surface area is 111 Å². The molecule has 5 heteroatoms. The van der Waals surface area contributed by atoms with Crippen LogP contribution in [-0.4, -0.2) is 30.8 Å². The molecule has 0 spiro atoms. The summed E-state index contributed by atoms with van der Waals surface area (Å²) >= 11 is 0. The maximum Gasteiger partial charge on any atom is 0.287 e. The first-order valence-electron chi connectivity index (χ1n) is 6.06. The van der Waals surface area contributed by atoms with Crippen molar-refractivity contribution in [1.82, 2.24) is 5.32 Å². The van der Waals surface area contributed by atoms with Crippen molar-refractivity contribution in [1.29, 1.82) is 0 Å². The van der Waals surface area contributed by atoms with E-state index in [0.29, 0.717) is 11.3 Å². The van der Waals surface area contributed by atoms with Gasteiger partial charge in [0.1, 0.15) is 0 Å². The van der Waals surface area contributed by atoms with Crippen LogP contribution in [0.1, 0.15) is 23.0 Å². The molecule has 1 amide bonds. The predicted octanol–water partition coefficient (Wildman–Crippen LogP) is 1.86. The Morgan fingerprint density at radius 1 is 1.53 bits per heavy atom. The molecule has 0 bridgehead atoms. The topological polar surface area (TPSA) is 71.7 Å². The Balaban J connectivity index is 2.45. The molecule has 0 saturated heterocycles. The van der Waals surface area contributed by atoms with Gasteiger partial charge in [-0.3, -0.25) is 4.79 Å². The molecule has 1 aromatic heterocycles. The van der Waals surface area contributed by atoms with Crippen LogP contribution in [0.25, 0.3) is 11.0 Å². The first-order valence-corrected chi connectivity index (χ1v) is 6.06. The SMILES string of the molecule is COc1cccc2c(C)c(C(=O)NC(C)CO)oc12. The molecule has 2 N–H and O–H groups in total. The molecule has 1 unspecified atom stereocenters. The molecule has 5 nitrogen and oxygen atoms in total. The summed E-state index contributed by atoms with van der Waals surface area (Å²) in [5.74, 6) is 0.506. The van der Waals surface area contributed by atoms with Crippen molar-refractivity contribution in [2.45, 2.75) is 19.9 Å². The summed E-state index contributed by atoms with van der Waals surface area (Å²) in [6.45, 7) is 3.43. The molecule has 1 aromatic carbocycles. The fraction of sp³-hybridized carbons (Fsp3) is 0.357. The first-order chi connectivity index (χ1) is 9.08. The van der Waals surface area contributed by atoms with Crippen molar-refractivity contribution in [3.8, 4) is 5.75 Å². The number of aliphatic hydroxyl groups excluding tert-OH is 1. The van der Waals surface area contributed by atoms with E-state index in [4.69, 9.17) is 14.3 Å². The summed E-state index contributed by atoms with van der Waals surface area (Å²) in [5.41, 5.74) is 1.32. The number of para-hydroxylation sites is 1. The average Bonchev–Trinajstić information content (AvgIpc) is 2.76. The number of carbonyl (C=O) groups excluding carboxylic acids is 1. The van der Waals surface area contributed by atoms with Gasteiger partial charge in [-0.2, -0.15) is 0 Å². The van der Waals surface area contributed by atoms with Crippen molar-refractivity contribution >= 4 is 16.9 Å². The second-order valence-electron chi connectivity index (χ2n) is 4.45. The number of amides is 1. The van der Waals surface area contributed by atoms with Gasteiger partial charge in [0.15, 0.2) is 17.1 Å². The number of aryl methyl sites for hydroxylation is 1. The zero-order chi connectivity index (χ0) is 14.0. The fourth-order valence-corrected chi connectivity index (χ4v) is 1.93. The molecule has 19 heavy (non-hydrogen) atoms. The summed E-state index contributed by atoms with van der Waals surface area (Å²) in [7, 11) is 1.56. The van der Waals surface area contributed by atoms with E-state index in [-0.39, 0.29) is 24.3 Å². The van der Waals surface area contributed by atoms with Gasteiger partial charge in [-0.25, -0.2) is 0 Å². The molecule has 2 rings (SSSR count). The van der Waals surface area contributed by atoms with Crippen LogP contribution in [0, 0.1) is 6.92 Å². The first kappa shape index (κ1) is 13.4. The predicted molar refractivity (Wildman–Crippen MR) is 71.5 cm³/mol. The molecule has 1 heterocycles. The monoisotopic (exact) mass is 263 g/mol. The molecule has 0 radical (unpaired) electrons. The highest BCUT2D eigenvalue weighted by Gasteiger charge is 2.20. The third kappa shape index (κ3) is 2.42. The minimum absolute atomic E-state index is 0.117. The minimum atomic E-state index is -0.336. The molecule has 0 aliphatic heterocycles. The van der Waals surface area contributed by atoms with Crippen LogP contribution in [0.4, 0.5) is 0 Å². The molecule has 0 fully saturated rings. The Morgan fingerprint density at radius 3 is 2.89 bits per heavy atom. The van der Waals surface area contributed by atoms with E-state index < -0.39 is 0 Å². The van der Waals surface area contributed by atoms with Gasteiger partial charge in [0, 0.05) is 17.0 Å². The normalized spacial score (nSPS) is 12.4. The Morgan fingerprint density at radius 2 is 2.26 bits per heavy atom. The molecular weight excluding hydrogens is 246 g/mol. The minimum Gasteiger partial charge on any atom is -0.493 e. The highest BCUT2D eigenvalue weighted by atomic mass is 16.5. The van der Waals surface area contributed by atoms with E-state index in [1.54, 1.807) is 20.1 Å². The van der Waals surface area contributed by atoms with Gasteiger partial charge in [-0.05, 0) is 19.9 Å².